The Morgan fingerprint density at radius 1 is 1.28 bits per heavy atom. The number of allylic oxidation sites excluding steroid dienone is 1. The Balaban J connectivity index is 1.76. The van der Waals surface area contributed by atoms with Crippen LogP contribution in [0, 0.1) is 11.3 Å². The highest BCUT2D eigenvalue weighted by atomic mass is 32.1. The second-order valence-electron chi connectivity index (χ2n) is 7.08. The number of rotatable bonds is 6. The van der Waals surface area contributed by atoms with Gasteiger partial charge in [-0.2, -0.15) is 5.26 Å². The van der Waals surface area contributed by atoms with E-state index in [1.807, 2.05) is 47.2 Å². The van der Waals surface area contributed by atoms with Gasteiger partial charge < -0.3 is 9.64 Å². The third-order valence-electron chi connectivity index (χ3n) is 5.04. The zero-order valence-electron chi connectivity index (χ0n) is 17.9. The van der Waals surface area contributed by atoms with Gasteiger partial charge in [-0.25, -0.2) is 4.98 Å². The number of ether oxygens (including phenoxy) is 1. The van der Waals surface area contributed by atoms with Crippen LogP contribution in [-0.4, -0.2) is 58.5 Å². The van der Waals surface area contributed by atoms with E-state index >= 15 is 0 Å². The molecule has 0 unspecified atom stereocenters. The quantitative estimate of drug-likeness (QED) is 0.533. The minimum atomic E-state index is -0.0724. The second-order valence-corrected chi connectivity index (χ2v) is 7.92. The first-order valence-electron chi connectivity index (χ1n) is 10.3. The molecule has 2 aromatic heterocycles. The number of anilines is 2. The summed E-state index contributed by atoms with van der Waals surface area (Å²) in [7, 11) is 0. The van der Waals surface area contributed by atoms with Crippen molar-refractivity contribution in [2.75, 3.05) is 42.6 Å². The van der Waals surface area contributed by atoms with Gasteiger partial charge in [-0.05, 0) is 25.1 Å². The third-order valence-corrected chi connectivity index (χ3v) is 5.93. The van der Waals surface area contributed by atoms with Gasteiger partial charge >= 0.3 is 0 Å². The first kappa shape index (κ1) is 21.7. The van der Waals surface area contributed by atoms with E-state index in [0.717, 1.165) is 5.69 Å². The number of aromatic nitrogens is 4. The topological polar surface area (TPSA) is 100 Å². The molecule has 0 radical (unpaired) electrons. The molecular weight excluding hydrogens is 426 g/mol. The lowest BCUT2D eigenvalue weighted by Crippen LogP contribution is -2.38. The van der Waals surface area contributed by atoms with Gasteiger partial charge in [0.1, 0.15) is 6.07 Å². The monoisotopic (exact) mass is 449 g/mol. The highest BCUT2D eigenvalue weighted by Gasteiger charge is 2.23. The largest absolute Gasteiger partial charge is 0.378 e. The molecule has 0 N–H and O–H groups in total. The molecule has 1 amide bonds. The van der Waals surface area contributed by atoms with Gasteiger partial charge in [-0.3, -0.25) is 14.3 Å². The Kier molecular flexibility index (Phi) is 6.58. The molecule has 1 aliphatic heterocycles. The summed E-state index contributed by atoms with van der Waals surface area (Å²) in [5.41, 5.74) is 1.79. The third kappa shape index (κ3) is 4.39. The fourth-order valence-corrected chi connectivity index (χ4v) is 4.38. The first-order valence-corrected chi connectivity index (χ1v) is 11.2. The molecule has 3 aromatic rings. The average Bonchev–Trinajstić information content (AvgIpc) is 3.46. The Labute approximate surface area is 190 Å². The number of amides is 1. The summed E-state index contributed by atoms with van der Waals surface area (Å²) in [5.74, 6) is 1.04. The maximum atomic E-state index is 11.8. The van der Waals surface area contributed by atoms with Crippen molar-refractivity contribution >= 4 is 40.0 Å². The highest BCUT2D eigenvalue weighted by molar-refractivity contribution is 7.14. The van der Waals surface area contributed by atoms with Crippen LogP contribution in [0.25, 0.3) is 17.3 Å². The lowest BCUT2D eigenvalue weighted by Gasteiger charge is -2.28. The highest BCUT2D eigenvalue weighted by Crippen LogP contribution is 2.28. The van der Waals surface area contributed by atoms with Gasteiger partial charge in [0.25, 0.3) is 0 Å². The summed E-state index contributed by atoms with van der Waals surface area (Å²) in [6.45, 7) is 6.56. The van der Waals surface area contributed by atoms with Crippen LogP contribution in [0.15, 0.2) is 35.7 Å². The molecule has 4 rings (SSSR count). The van der Waals surface area contributed by atoms with E-state index < -0.39 is 0 Å². The fraction of sp³-hybridized carbons (Fsp3) is 0.318. The molecule has 0 bridgehead atoms. The van der Waals surface area contributed by atoms with Crippen molar-refractivity contribution in [3.05, 3.63) is 47.2 Å². The maximum Gasteiger partial charge on any atom is 0.232 e. The molecule has 1 aliphatic rings. The summed E-state index contributed by atoms with van der Waals surface area (Å²) >= 11 is 1.36. The van der Waals surface area contributed by atoms with Crippen LogP contribution in [-0.2, 0) is 9.53 Å². The van der Waals surface area contributed by atoms with Gasteiger partial charge in [0.2, 0.25) is 11.9 Å². The minimum absolute atomic E-state index is 0.0724. The van der Waals surface area contributed by atoms with Gasteiger partial charge in [0, 0.05) is 31.9 Å². The van der Waals surface area contributed by atoms with E-state index in [2.05, 4.69) is 26.2 Å². The van der Waals surface area contributed by atoms with E-state index in [9.17, 15) is 10.1 Å². The lowest BCUT2D eigenvalue weighted by atomic mass is 10.2. The zero-order valence-corrected chi connectivity index (χ0v) is 18.7. The average molecular weight is 450 g/mol. The van der Waals surface area contributed by atoms with Crippen LogP contribution < -0.4 is 9.80 Å². The van der Waals surface area contributed by atoms with Crippen LogP contribution in [0.3, 0.4) is 0 Å². The number of hydrogen-bond donors (Lipinski definition) is 0. The van der Waals surface area contributed by atoms with Crippen LogP contribution in [0.2, 0.25) is 0 Å². The summed E-state index contributed by atoms with van der Waals surface area (Å²) in [5, 5.41) is 21.2. The zero-order chi connectivity index (χ0) is 22.5. The molecule has 1 saturated heterocycles. The van der Waals surface area contributed by atoms with E-state index in [1.54, 1.807) is 11.0 Å². The molecule has 32 heavy (non-hydrogen) atoms. The number of carbonyl (C=O) groups excluding carboxylic acids is 1. The van der Waals surface area contributed by atoms with Gasteiger partial charge in [0.05, 0.1) is 30.2 Å². The number of para-hydroxylation sites is 1. The SMILES string of the molecule is CCN(C(C)=O)c1nc(/C=C(\C#N)c2nnc(N3CCOCC3)n2-c2ccccc2)cs1. The van der Waals surface area contributed by atoms with Crippen LogP contribution in [0.5, 0.6) is 0 Å². The van der Waals surface area contributed by atoms with Crippen LogP contribution >= 0.6 is 11.3 Å². The van der Waals surface area contributed by atoms with Crippen molar-refractivity contribution in [2.24, 2.45) is 0 Å². The number of morpholine rings is 1. The standard InChI is InChI=1S/C22H23N7O2S/c1-3-28(16(2)30)22-24-18(15-32-22)13-17(14-23)20-25-26-21(27-9-11-31-12-10-27)29(20)19-7-5-4-6-8-19/h4-8,13,15H,3,9-12H2,1-2H3/b17-13+. The summed E-state index contributed by atoms with van der Waals surface area (Å²) in [6, 6.07) is 12.0. The summed E-state index contributed by atoms with van der Waals surface area (Å²) in [6.07, 6.45) is 1.68. The predicted molar refractivity (Wildman–Crippen MR) is 124 cm³/mol. The van der Waals surface area contributed by atoms with Gasteiger partial charge in [-0.15, -0.1) is 21.5 Å². The number of carbonyl (C=O) groups is 1. The molecule has 0 atom stereocenters. The van der Waals surface area contributed by atoms with E-state index in [-0.39, 0.29) is 5.91 Å². The van der Waals surface area contributed by atoms with E-state index in [0.29, 0.717) is 61.0 Å². The van der Waals surface area contributed by atoms with Gasteiger partial charge in [0.15, 0.2) is 11.0 Å². The molecule has 3 heterocycles. The van der Waals surface area contributed by atoms with Crippen molar-refractivity contribution in [2.45, 2.75) is 13.8 Å². The summed E-state index contributed by atoms with van der Waals surface area (Å²) < 4.78 is 7.36. The number of nitrogens with zero attached hydrogens (tertiary/aromatic N) is 7. The van der Waals surface area contributed by atoms with Crippen LogP contribution in [0.4, 0.5) is 11.1 Å². The van der Waals surface area contributed by atoms with E-state index in [4.69, 9.17) is 4.74 Å². The fourth-order valence-electron chi connectivity index (χ4n) is 3.49. The molecule has 9 nitrogen and oxygen atoms in total. The van der Waals surface area contributed by atoms with Crippen molar-refractivity contribution in [1.29, 1.82) is 5.26 Å². The molecule has 1 fully saturated rings. The predicted octanol–water partition coefficient (Wildman–Crippen LogP) is 3.00. The number of hydrogen-bond acceptors (Lipinski definition) is 8. The first-order chi connectivity index (χ1) is 15.6. The Hall–Kier alpha value is -3.55. The molecule has 0 saturated carbocycles. The molecule has 1 aromatic carbocycles. The summed E-state index contributed by atoms with van der Waals surface area (Å²) in [4.78, 5) is 20.1. The second kappa shape index (κ2) is 9.72. The Bertz CT molecular complexity index is 1160. The molecule has 0 aliphatic carbocycles. The van der Waals surface area contributed by atoms with Crippen molar-refractivity contribution < 1.29 is 9.53 Å². The van der Waals surface area contributed by atoms with Crippen molar-refractivity contribution in [3.8, 4) is 11.8 Å². The Morgan fingerprint density at radius 2 is 2.03 bits per heavy atom. The van der Waals surface area contributed by atoms with Crippen molar-refractivity contribution in [1.82, 2.24) is 19.7 Å². The van der Waals surface area contributed by atoms with Gasteiger partial charge in [-0.1, -0.05) is 18.2 Å². The molecule has 164 valence electrons. The molecule has 10 heteroatoms. The van der Waals surface area contributed by atoms with E-state index in [1.165, 1.54) is 18.3 Å². The molecule has 0 spiro atoms. The number of nitriles is 1. The normalized spacial score (nSPS) is 14.3. The van der Waals surface area contributed by atoms with Crippen LogP contribution in [0.1, 0.15) is 25.4 Å². The smallest absolute Gasteiger partial charge is 0.232 e. The maximum absolute atomic E-state index is 11.8. The Morgan fingerprint density at radius 3 is 2.69 bits per heavy atom. The number of benzene rings is 1. The lowest BCUT2D eigenvalue weighted by molar-refractivity contribution is -0.116. The molecular formula is C22H23N7O2S. The number of thiazole rings is 1. The van der Waals surface area contributed by atoms with Crippen molar-refractivity contribution in [3.63, 3.8) is 0 Å². The minimum Gasteiger partial charge on any atom is -0.378 e.